The fourth-order valence-corrected chi connectivity index (χ4v) is 3.04. The Morgan fingerprint density at radius 3 is 2.31 bits per heavy atom. The highest BCUT2D eigenvalue weighted by Gasteiger charge is 2.31. The van der Waals surface area contributed by atoms with Gasteiger partial charge in [-0.25, -0.2) is 17.2 Å². The van der Waals surface area contributed by atoms with Crippen molar-refractivity contribution in [3.8, 4) is 0 Å². The van der Waals surface area contributed by atoms with Crippen LogP contribution in [0.25, 0.3) is 0 Å². The standard InChI is InChI=1S/C8H18F2N2O3S/c1-2-7(5-11)16(14,15)12(3-4-13)6-8(9)10/h7-8,13H,2-6,11H2,1H3. The van der Waals surface area contributed by atoms with Crippen LogP contribution in [0.2, 0.25) is 0 Å². The van der Waals surface area contributed by atoms with Crippen LogP contribution in [0.1, 0.15) is 13.3 Å². The van der Waals surface area contributed by atoms with Gasteiger partial charge in [0.1, 0.15) is 0 Å². The first kappa shape index (κ1) is 15.7. The van der Waals surface area contributed by atoms with E-state index in [2.05, 4.69) is 0 Å². The van der Waals surface area contributed by atoms with E-state index < -0.39 is 34.9 Å². The highest BCUT2D eigenvalue weighted by Crippen LogP contribution is 2.13. The molecule has 98 valence electrons. The molecule has 16 heavy (non-hydrogen) atoms. The lowest BCUT2D eigenvalue weighted by molar-refractivity contribution is 0.112. The van der Waals surface area contributed by atoms with Crippen molar-refractivity contribution in [1.82, 2.24) is 4.31 Å². The molecular weight excluding hydrogens is 242 g/mol. The van der Waals surface area contributed by atoms with E-state index >= 15 is 0 Å². The van der Waals surface area contributed by atoms with Gasteiger partial charge in [0.15, 0.2) is 0 Å². The van der Waals surface area contributed by atoms with Crippen molar-refractivity contribution in [1.29, 1.82) is 0 Å². The Bertz CT molecular complexity index is 281. The minimum atomic E-state index is -3.85. The normalized spacial score (nSPS) is 14.7. The molecule has 0 bridgehead atoms. The molecule has 8 heteroatoms. The van der Waals surface area contributed by atoms with Crippen molar-refractivity contribution in [3.05, 3.63) is 0 Å². The molecule has 0 aromatic heterocycles. The van der Waals surface area contributed by atoms with Gasteiger partial charge in [-0.3, -0.25) is 0 Å². The molecule has 1 atom stereocenters. The Balaban J connectivity index is 4.87. The van der Waals surface area contributed by atoms with Crippen molar-refractivity contribution >= 4 is 10.0 Å². The largest absolute Gasteiger partial charge is 0.395 e. The van der Waals surface area contributed by atoms with E-state index in [-0.39, 0.29) is 19.5 Å². The van der Waals surface area contributed by atoms with Crippen molar-refractivity contribution in [2.24, 2.45) is 5.73 Å². The monoisotopic (exact) mass is 260 g/mol. The second-order valence-corrected chi connectivity index (χ2v) is 5.50. The number of halogens is 2. The number of aliphatic hydroxyl groups is 1. The first-order valence-corrected chi connectivity index (χ1v) is 6.48. The van der Waals surface area contributed by atoms with E-state index in [1.165, 1.54) is 0 Å². The van der Waals surface area contributed by atoms with E-state index in [1.54, 1.807) is 6.92 Å². The summed E-state index contributed by atoms with van der Waals surface area (Å²) in [6.07, 6.45) is -2.51. The van der Waals surface area contributed by atoms with Gasteiger partial charge >= 0.3 is 0 Å². The summed E-state index contributed by atoms with van der Waals surface area (Å²) in [5.74, 6) is 0. The van der Waals surface area contributed by atoms with Crippen LogP contribution in [0, 0.1) is 0 Å². The van der Waals surface area contributed by atoms with Crippen molar-refractivity contribution in [2.45, 2.75) is 25.0 Å². The van der Waals surface area contributed by atoms with E-state index in [0.717, 1.165) is 0 Å². The predicted octanol–water partition coefficient (Wildman–Crippen LogP) is -0.387. The summed E-state index contributed by atoms with van der Waals surface area (Å²) in [7, 11) is -3.85. The highest BCUT2D eigenvalue weighted by molar-refractivity contribution is 7.89. The zero-order valence-electron chi connectivity index (χ0n) is 9.14. The third-order valence-corrected chi connectivity index (χ3v) is 4.61. The van der Waals surface area contributed by atoms with Crippen LogP contribution in [-0.4, -0.2) is 55.7 Å². The Morgan fingerprint density at radius 1 is 1.44 bits per heavy atom. The number of sulfonamides is 1. The van der Waals surface area contributed by atoms with Crippen LogP contribution in [0.4, 0.5) is 8.78 Å². The lowest BCUT2D eigenvalue weighted by Crippen LogP contribution is -2.45. The predicted molar refractivity (Wildman–Crippen MR) is 56.7 cm³/mol. The maximum absolute atomic E-state index is 12.2. The van der Waals surface area contributed by atoms with Gasteiger partial charge in [0.05, 0.1) is 18.4 Å². The zero-order chi connectivity index (χ0) is 12.8. The summed E-state index contributed by atoms with van der Waals surface area (Å²) >= 11 is 0. The SMILES string of the molecule is CCC(CN)S(=O)(=O)N(CCO)CC(F)F. The van der Waals surface area contributed by atoms with Gasteiger partial charge < -0.3 is 10.8 Å². The van der Waals surface area contributed by atoms with Crippen LogP contribution < -0.4 is 5.73 Å². The Morgan fingerprint density at radius 2 is 2.00 bits per heavy atom. The summed E-state index contributed by atoms with van der Waals surface area (Å²) in [6, 6.07) is 0. The van der Waals surface area contributed by atoms with Gasteiger partial charge in [-0.2, -0.15) is 4.31 Å². The molecule has 0 aliphatic rings. The minimum Gasteiger partial charge on any atom is -0.395 e. The van der Waals surface area contributed by atoms with E-state index in [1.807, 2.05) is 0 Å². The average Bonchev–Trinajstić information content (AvgIpc) is 2.18. The molecule has 0 aromatic carbocycles. The van der Waals surface area contributed by atoms with Gasteiger partial charge in [-0.1, -0.05) is 6.92 Å². The molecule has 0 saturated carbocycles. The Labute approximate surface area is 94.3 Å². The topological polar surface area (TPSA) is 83.6 Å². The van der Waals surface area contributed by atoms with Crippen LogP contribution in [0.15, 0.2) is 0 Å². The third kappa shape index (κ3) is 4.28. The van der Waals surface area contributed by atoms with Gasteiger partial charge in [-0.05, 0) is 6.42 Å². The molecule has 1 unspecified atom stereocenters. The number of hydrogen-bond acceptors (Lipinski definition) is 4. The molecule has 0 spiro atoms. The van der Waals surface area contributed by atoms with Gasteiger partial charge in [-0.15, -0.1) is 0 Å². The molecule has 0 amide bonds. The number of hydrogen-bond donors (Lipinski definition) is 2. The first-order chi connectivity index (χ1) is 7.39. The first-order valence-electron chi connectivity index (χ1n) is 4.98. The fraction of sp³-hybridized carbons (Fsp3) is 1.00. The van der Waals surface area contributed by atoms with Gasteiger partial charge in [0, 0.05) is 13.1 Å². The molecular formula is C8H18F2N2O3S. The minimum absolute atomic E-state index is 0.121. The van der Waals surface area contributed by atoms with Gasteiger partial charge in [0.2, 0.25) is 10.0 Å². The summed E-state index contributed by atoms with van der Waals surface area (Å²) < 4.78 is 48.6. The van der Waals surface area contributed by atoms with Crippen molar-refractivity contribution < 1.29 is 22.3 Å². The zero-order valence-corrected chi connectivity index (χ0v) is 9.96. The molecule has 0 rings (SSSR count). The Kier molecular flexibility index (Phi) is 6.96. The molecule has 0 saturated heterocycles. The number of nitrogens with two attached hydrogens (primary N) is 1. The van der Waals surface area contributed by atoms with Crippen LogP contribution >= 0.6 is 0 Å². The molecule has 0 aromatic rings. The molecule has 0 aliphatic carbocycles. The second kappa shape index (κ2) is 7.10. The highest BCUT2D eigenvalue weighted by atomic mass is 32.2. The molecule has 0 aliphatic heterocycles. The Hall–Kier alpha value is -0.310. The number of nitrogens with zero attached hydrogens (tertiary/aromatic N) is 1. The second-order valence-electron chi connectivity index (χ2n) is 3.28. The quantitative estimate of drug-likeness (QED) is 0.623. The van der Waals surface area contributed by atoms with Crippen LogP contribution in [-0.2, 0) is 10.0 Å². The summed E-state index contributed by atoms with van der Waals surface area (Å²) in [4.78, 5) is 0. The maximum atomic E-state index is 12.2. The van der Waals surface area contributed by atoms with Gasteiger partial charge in [0.25, 0.3) is 6.43 Å². The molecule has 0 radical (unpaired) electrons. The van der Waals surface area contributed by atoms with Crippen LogP contribution in [0.5, 0.6) is 0 Å². The molecule has 5 nitrogen and oxygen atoms in total. The van der Waals surface area contributed by atoms with Crippen molar-refractivity contribution in [3.63, 3.8) is 0 Å². The number of rotatable bonds is 8. The molecule has 3 N–H and O–H groups in total. The fourth-order valence-electron chi connectivity index (χ4n) is 1.30. The summed E-state index contributed by atoms with van der Waals surface area (Å²) in [5, 5.41) is 7.78. The summed E-state index contributed by atoms with van der Waals surface area (Å²) in [6.45, 7) is -0.228. The third-order valence-electron chi connectivity index (χ3n) is 2.19. The maximum Gasteiger partial charge on any atom is 0.252 e. The van der Waals surface area contributed by atoms with Crippen molar-refractivity contribution in [2.75, 3.05) is 26.2 Å². The molecule has 0 fully saturated rings. The molecule has 0 heterocycles. The number of aliphatic hydroxyl groups excluding tert-OH is 1. The number of alkyl halides is 2. The smallest absolute Gasteiger partial charge is 0.252 e. The van der Waals surface area contributed by atoms with Crippen LogP contribution in [0.3, 0.4) is 0 Å². The van der Waals surface area contributed by atoms with E-state index in [4.69, 9.17) is 10.8 Å². The summed E-state index contributed by atoms with van der Waals surface area (Å²) in [5.41, 5.74) is 5.28. The van der Waals surface area contributed by atoms with E-state index in [9.17, 15) is 17.2 Å². The average molecular weight is 260 g/mol. The van der Waals surface area contributed by atoms with E-state index in [0.29, 0.717) is 4.31 Å². The lowest BCUT2D eigenvalue weighted by Gasteiger charge is -2.25. The lowest BCUT2D eigenvalue weighted by atomic mass is 10.3.